The molecule has 19 heavy (non-hydrogen) atoms. The molecule has 2 rings (SSSR count). The average Bonchev–Trinajstić information content (AvgIpc) is 2.76. The number of nitrogens with zero attached hydrogens (tertiary/aromatic N) is 2. The van der Waals surface area contributed by atoms with Crippen molar-refractivity contribution in [3.63, 3.8) is 0 Å². The molecule has 5 heteroatoms. The molecule has 0 aliphatic heterocycles. The standard InChI is InChI=1S/C14H19BrN4/c1-19-14(12(15)10-17-19)13(18-16)9-5-8-11-6-3-2-4-7-11/h2-4,6-7,10,13,18H,5,8-9,16H2,1H3. The van der Waals surface area contributed by atoms with Crippen LogP contribution in [0.5, 0.6) is 0 Å². The van der Waals surface area contributed by atoms with E-state index in [-0.39, 0.29) is 6.04 Å². The first-order valence-corrected chi connectivity index (χ1v) is 7.19. The maximum atomic E-state index is 5.67. The number of nitrogens with one attached hydrogen (secondary N) is 1. The van der Waals surface area contributed by atoms with Crippen LogP contribution in [0, 0.1) is 0 Å². The summed E-state index contributed by atoms with van der Waals surface area (Å²) >= 11 is 3.52. The molecule has 0 aliphatic carbocycles. The van der Waals surface area contributed by atoms with Crippen LogP contribution in [0.4, 0.5) is 0 Å². The topological polar surface area (TPSA) is 55.9 Å². The van der Waals surface area contributed by atoms with Crippen molar-refractivity contribution in [1.29, 1.82) is 0 Å². The van der Waals surface area contributed by atoms with Crippen LogP contribution in [0.3, 0.4) is 0 Å². The molecule has 0 saturated carbocycles. The van der Waals surface area contributed by atoms with Gasteiger partial charge in [0.15, 0.2) is 0 Å². The van der Waals surface area contributed by atoms with Gasteiger partial charge in [-0.3, -0.25) is 16.0 Å². The van der Waals surface area contributed by atoms with Gasteiger partial charge in [0.2, 0.25) is 0 Å². The fourth-order valence-corrected chi connectivity index (χ4v) is 2.89. The van der Waals surface area contributed by atoms with Gasteiger partial charge in [0.25, 0.3) is 0 Å². The number of hydrogen-bond acceptors (Lipinski definition) is 3. The molecule has 0 amide bonds. The van der Waals surface area contributed by atoms with E-state index in [0.717, 1.165) is 29.4 Å². The van der Waals surface area contributed by atoms with E-state index in [0.29, 0.717) is 0 Å². The Hall–Kier alpha value is -1.17. The molecule has 0 radical (unpaired) electrons. The van der Waals surface area contributed by atoms with Crippen LogP contribution in [0.1, 0.15) is 30.1 Å². The zero-order valence-corrected chi connectivity index (χ0v) is 12.6. The second-order valence-electron chi connectivity index (χ2n) is 4.60. The van der Waals surface area contributed by atoms with E-state index in [1.54, 1.807) is 6.20 Å². The summed E-state index contributed by atoms with van der Waals surface area (Å²) in [6.45, 7) is 0. The molecule has 102 valence electrons. The molecule has 0 fully saturated rings. The monoisotopic (exact) mass is 322 g/mol. The van der Waals surface area contributed by atoms with Crippen molar-refractivity contribution >= 4 is 15.9 Å². The lowest BCUT2D eigenvalue weighted by Crippen LogP contribution is -2.30. The summed E-state index contributed by atoms with van der Waals surface area (Å²) in [6, 6.07) is 10.6. The Kier molecular flexibility index (Phi) is 5.13. The lowest BCUT2D eigenvalue weighted by atomic mass is 10.0. The van der Waals surface area contributed by atoms with Gasteiger partial charge in [-0.1, -0.05) is 30.3 Å². The molecule has 0 spiro atoms. The van der Waals surface area contributed by atoms with Crippen molar-refractivity contribution in [1.82, 2.24) is 15.2 Å². The van der Waals surface area contributed by atoms with Crippen LogP contribution in [0.2, 0.25) is 0 Å². The highest BCUT2D eigenvalue weighted by Gasteiger charge is 2.17. The van der Waals surface area contributed by atoms with Crippen LogP contribution in [0.25, 0.3) is 0 Å². The molecule has 0 bridgehead atoms. The zero-order chi connectivity index (χ0) is 13.7. The maximum Gasteiger partial charge on any atom is 0.0705 e. The molecule has 0 saturated heterocycles. The summed E-state index contributed by atoms with van der Waals surface area (Å²) < 4.78 is 2.86. The summed E-state index contributed by atoms with van der Waals surface area (Å²) in [5.41, 5.74) is 5.34. The molecule has 3 N–H and O–H groups in total. The molecule has 1 heterocycles. The average molecular weight is 323 g/mol. The van der Waals surface area contributed by atoms with E-state index in [1.807, 2.05) is 17.8 Å². The van der Waals surface area contributed by atoms with E-state index in [4.69, 9.17) is 5.84 Å². The second kappa shape index (κ2) is 6.84. The number of hydrogen-bond donors (Lipinski definition) is 2. The fourth-order valence-electron chi connectivity index (χ4n) is 2.27. The van der Waals surface area contributed by atoms with Gasteiger partial charge in [0.05, 0.1) is 22.4 Å². The van der Waals surface area contributed by atoms with Crippen molar-refractivity contribution in [3.8, 4) is 0 Å². The van der Waals surface area contributed by atoms with Gasteiger partial charge >= 0.3 is 0 Å². The Morgan fingerprint density at radius 2 is 2.11 bits per heavy atom. The number of aromatic nitrogens is 2. The van der Waals surface area contributed by atoms with Gasteiger partial charge in [-0.2, -0.15) is 5.10 Å². The van der Waals surface area contributed by atoms with Gasteiger partial charge in [0.1, 0.15) is 0 Å². The highest BCUT2D eigenvalue weighted by atomic mass is 79.9. The summed E-state index contributed by atoms with van der Waals surface area (Å²) in [7, 11) is 1.93. The van der Waals surface area contributed by atoms with Gasteiger partial charge < -0.3 is 0 Å². The lowest BCUT2D eigenvalue weighted by molar-refractivity contribution is 0.465. The van der Waals surface area contributed by atoms with E-state index >= 15 is 0 Å². The molecule has 1 unspecified atom stereocenters. The molecule has 1 atom stereocenters. The second-order valence-corrected chi connectivity index (χ2v) is 5.45. The number of hydrazine groups is 1. The summed E-state index contributed by atoms with van der Waals surface area (Å²) in [4.78, 5) is 0. The Balaban J connectivity index is 1.94. The molecular weight excluding hydrogens is 304 g/mol. The van der Waals surface area contributed by atoms with Crippen molar-refractivity contribution in [2.45, 2.75) is 25.3 Å². The smallest absolute Gasteiger partial charge is 0.0705 e. The Bertz CT molecular complexity index is 490. The SMILES string of the molecule is Cn1ncc(Br)c1C(CCCc1ccccc1)NN. The quantitative estimate of drug-likeness (QED) is 0.635. The van der Waals surface area contributed by atoms with Crippen molar-refractivity contribution in [2.75, 3.05) is 0 Å². The van der Waals surface area contributed by atoms with Crippen LogP contribution < -0.4 is 11.3 Å². The molecule has 2 aromatic rings. The van der Waals surface area contributed by atoms with Gasteiger partial charge in [-0.15, -0.1) is 0 Å². The first-order chi connectivity index (χ1) is 9.22. The van der Waals surface area contributed by atoms with Crippen LogP contribution in [0.15, 0.2) is 41.0 Å². The third kappa shape index (κ3) is 3.65. The number of rotatable bonds is 6. The summed E-state index contributed by atoms with van der Waals surface area (Å²) in [6.07, 6.45) is 4.92. The van der Waals surface area contributed by atoms with Crippen molar-refractivity contribution in [2.24, 2.45) is 12.9 Å². The van der Waals surface area contributed by atoms with E-state index < -0.39 is 0 Å². The lowest BCUT2D eigenvalue weighted by Gasteiger charge is -2.17. The van der Waals surface area contributed by atoms with E-state index in [2.05, 4.69) is 50.7 Å². The minimum atomic E-state index is 0.116. The number of aryl methyl sites for hydroxylation is 2. The number of halogens is 1. The summed E-state index contributed by atoms with van der Waals surface area (Å²) in [5.74, 6) is 5.67. The van der Waals surface area contributed by atoms with Crippen molar-refractivity contribution in [3.05, 3.63) is 52.3 Å². The molecule has 0 aliphatic rings. The van der Waals surface area contributed by atoms with Crippen molar-refractivity contribution < 1.29 is 0 Å². The Morgan fingerprint density at radius 1 is 1.37 bits per heavy atom. The predicted octanol–water partition coefficient (Wildman–Crippen LogP) is 2.71. The highest BCUT2D eigenvalue weighted by molar-refractivity contribution is 9.10. The number of benzene rings is 1. The normalized spacial score (nSPS) is 12.6. The molecule has 4 nitrogen and oxygen atoms in total. The maximum absolute atomic E-state index is 5.67. The minimum Gasteiger partial charge on any atom is -0.271 e. The molecule has 1 aromatic carbocycles. The van der Waals surface area contributed by atoms with Crippen LogP contribution >= 0.6 is 15.9 Å². The first kappa shape index (κ1) is 14.2. The predicted molar refractivity (Wildman–Crippen MR) is 80.4 cm³/mol. The van der Waals surface area contributed by atoms with Gasteiger partial charge in [-0.25, -0.2) is 0 Å². The highest BCUT2D eigenvalue weighted by Crippen LogP contribution is 2.25. The third-order valence-corrected chi connectivity index (χ3v) is 3.88. The fraction of sp³-hybridized carbons (Fsp3) is 0.357. The van der Waals surface area contributed by atoms with Crippen LogP contribution in [-0.4, -0.2) is 9.78 Å². The third-order valence-electron chi connectivity index (χ3n) is 3.27. The minimum absolute atomic E-state index is 0.116. The number of nitrogens with two attached hydrogens (primary N) is 1. The van der Waals surface area contributed by atoms with E-state index in [9.17, 15) is 0 Å². The summed E-state index contributed by atoms with van der Waals surface area (Å²) in [5, 5.41) is 4.23. The van der Waals surface area contributed by atoms with E-state index in [1.165, 1.54) is 5.56 Å². The zero-order valence-electron chi connectivity index (χ0n) is 11.0. The first-order valence-electron chi connectivity index (χ1n) is 6.40. The molecular formula is C14H19BrN4. The Morgan fingerprint density at radius 3 is 2.68 bits per heavy atom. The van der Waals surface area contributed by atoms with Gasteiger partial charge in [-0.05, 0) is 40.8 Å². The molecule has 1 aromatic heterocycles. The van der Waals surface area contributed by atoms with Crippen LogP contribution in [-0.2, 0) is 13.5 Å². The largest absolute Gasteiger partial charge is 0.271 e. The van der Waals surface area contributed by atoms with Gasteiger partial charge in [0, 0.05) is 7.05 Å². The Labute approximate surface area is 122 Å².